The number of hydrogen-bond acceptors (Lipinski definition) is 6. The number of carbonyl (C=O) groups is 4. The molecule has 8 nitrogen and oxygen atoms in total. The SMILES string of the molecule is CCOC(=O)COc1c(Cl)cc(/C=C2\C(=O)NC(=O)N(c3ccc(F)cc3)C2=O)cc1Br. The maximum absolute atomic E-state index is 13.2. The molecule has 1 aliphatic rings. The highest BCUT2D eigenvalue weighted by Crippen LogP contribution is 2.35. The Morgan fingerprint density at radius 2 is 1.91 bits per heavy atom. The number of nitrogens with zero attached hydrogens (tertiary/aromatic N) is 1. The molecule has 1 saturated heterocycles. The van der Waals surface area contributed by atoms with E-state index in [1.54, 1.807) is 6.92 Å². The number of halogens is 3. The second-order valence-corrected chi connectivity index (χ2v) is 7.60. The molecule has 0 radical (unpaired) electrons. The Bertz CT molecular complexity index is 1110. The maximum Gasteiger partial charge on any atom is 0.344 e. The fourth-order valence-corrected chi connectivity index (χ4v) is 3.77. The number of amides is 4. The second-order valence-electron chi connectivity index (χ2n) is 6.34. The van der Waals surface area contributed by atoms with E-state index >= 15 is 0 Å². The summed E-state index contributed by atoms with van der Waals surface area (Å²) < 4.78 is 23.7. The molecular weight excluding hydrogens is 511 g/mol. The highest BCUT2D eigenvalue weighted by molar-refractivity contribution is 9.10. The van der Waals surface area contributed by atoms with Crippen LogP contribution in [0.15, 0.2) is 46.4 Å². The smallest absolute Gasteiger partial charge is 0.344 e. The predicted molar refractivity (Wildman–Crippen MR) is 117 cm³/mol. The van der Waals surface area contributed by atoms with Crippen LogP contribution in [0.25, 0.3) is 6.08 Å². The van der Waals surface area contributed by atoms with Crippen molar-refractivity contribution in [2.75, 3.05) is 18.1 Å². The number of esters is 1. The summed E-state index contributed by atoms with van der Waals surface area (Å²) in [5, 5.41) is 2.18. The van der Waals surface area contributed by atoms with Gasteiger partial charge in [0.15, 0.2) is 12.4 Å². The molecule has 3 rings (SSSR count). The summed E-state index contributed by atoms with van der Waals surface area (Å²) in [6.45, 7) is 1.51. The number of rotatable bonds is 6. The number of imide groups is 2. The van der Waals surface area contributed by atoms with Crippen molar-refractivity contribution in [1.82, 2.24) is 5.32 Å². The largest absolute Gasteiger partial charge is 0.479 e. The van der Waals surface area contributed by atoms with Crippen LogP contribution in [0.3, 0.4) is 0 Å². The minimum absolute atomic E-state index is 0.0919. The number of carbonyl (C=O) groups excluding carboxylic acids is 4. The molecule has 0 aromatic heterocycles. The van der Waals surface area contributed by atoms with E-state index in [0.29, 0.717) is 10.0 Å². The molecule has 32 heavy (non-hydrogen) atoms. The summed E-state index contributed by atoms with van der Waals surface area (Å²) in [6.07, 6.45) is 1.24. The molecule has 4 amide bonds. The first-order valence-corrected chi connectivity index (χ1v) is 10.3. The van der Waals surface area contributed by atoms with Gasteiger partial charge in [-0.1, -0.05) is 11.6 Å². The lowest BCUT2D eigenvalue weighted by atomic mass is 10.1. The Hall–Kier alpha value is -3.24. The molecule has 0 unspecified atom stereocenters. The maximum atomic E-state index is 13.2. The lowest BCUT2D eigenvalue weighted by Gasteiger charge is -2.26. The van der Waals surface area contributed by atoms with Crippen molar-refractivity contribution >= 4 is 63.1 Å². The third kappa shape index (κ3) is 5.14. The van der Waals surface area contributed by atoms with Crippen molar-refractivity contribution in [3.63, 3.8) is 0 Å². The van der Waals surface area contributed by atoms with Crippen LogP contribution < -0.4 is 15.0 Å². The van der Waals surface area contributed by atoms with Crippen molar-refractivity contribution in [3.05, 3.63) is 62.8 Å². The van der Waals surface area contributed by atoms with Gasteiger partial charge in [-0.2, -0.15) is 0 Å². The van der Waals surface area contributed by atoms with E-state index in [1.165, 1.54) is 30.3 Å². The first-order valence-electron chi connectivity index (χ1n) is 9.15. The van der Waals surface area contributed by atoms with Gasteiger partial charge in [-0.05, 0) is 70.9 Å². The van der Waals surface area contributed by atoms with E-state index in [2.05, 4.69) is 21.2 Å². The third-order valence-electron chi connectivity index (χ3n) is 4.16. The van der Waals surface area contributed by atoms with Crippen LogP contribution in [0.1, 0.15) is 12.5 Å². The topological polar surface area (TPSA) is 102 Å². The van der Waals surface area contributed by atoms with Crippen molar-refractivity contribution in [3.8, 4) is 5.75 Å². The molecule has 2 aromatic rings. The van der Waals surface area contributed by atoms with Crippen LogP contribution in [0.5, 0.6) is 5.75 Å². The molecule has 1 heterocycles. The van der Waals surface area contributed by atoms with Gasteiger partial charge < -0.3 is 9.47 Å². The molecule has 0 atom stereocenters. The standard InChI is InChI=1S/C21H15BrClFN2O6/c1-2-31-17(27)10-32-18-15(22)8-11(9-16(18)23)7-14-19(28)25-21(30)26(20(14)29)13-5-3-12(24)4-6-13/h3-9H,2,10H2,1H3,(H,25,28,30)/b14-7+. The van der Waals surface area contributed by atoms with Crippen molar-refractivity contribution < 1.29 is 33.0 Å². The highest BCUT2D eigenvalue weighted by atomic mass is 79.9. The zero-order valence-corrected chi connectivity index (χ0v) is 18.8. The molecule has 0 bridgehead atoms. The lowest BCUT2D eigenvalue weighted by Crippen LogP contribution is -2.54. The number of barbiturate groups is 1. The van der Waals surface area contributed by atoms with E-state index in [4.69, 9.17) is 21.1 Å². The minimum Gasteiger partial charge on any atom is -0.479 e. The van der Waals surface area contributed by atoms with Gasteiger partial charge in [0, 0.05) is 0 Å². The number of ether oxygens (including phenoxy) is 2. The monoisotopic (exact) mass is 524 g/mol. The summed E-state index contributed by atoms with van der Waals surface area (Å²) in [7, 11) is 0. The summed E-state index contributed by atoms with van der Waals surface area (Å²) in [5.41, 5.74) is 0.101. The molecule has 11 heteroatoms. The van der Waals surface area contributed by atoms with Gasteiger partial charge in [-0.3, -0.25) is 14.9 Å². The Morgan fingerprint density at radius 3 is 2.53 bits per heavy atom. The van der Waals surface area contributed by atoms with Crippen molar-refractivity contribution in [2.45, 2.75) is 6.92 Å². The van der Waals surface area contributed by atoms with Crippen LogP contribution in [-0.4, -0.2) is 37.0 Å². The Morgan fingerprint density at radius 1 is 1.22 bits per heavy atom. The molecule has 1 aliphatic heterocycles. The normalized spacial score (nSPS) is 15.1. The van der Waals surface area contributed by atoms with E-state index in [9.17, 15) is 23.6 Å². The molecule has 2 aromatic carbocycles. The van der Waals surface area contributed by atoms with Crippen LogP contribution >= 0.6 is 27.5 Å². The molecular formula is C21H15BrClFN2O6. The third-order valence-corrected chi connectivity index (χ3v) is 5.03. The highest BCUT2D eigenvalue weighted by Gasteiger charge is 2.36. The van der Waals surface area contributed by atoms with Gasteiger partial charge in [0.05, 0.1) is 21.8 Å². The summed E-state index contributed by atoms with van der Waals surface area (Å²) in [5.74, 6) is -2.73. The summed E-state index contributed by atoms with van der Waals surface area (Å²) in [4.78, 5) is 49.6. The van der Waals surface area contributed by atoms with E-state index < -0.39 is 29.6 Å². The molecule has 1 N–H and O–H groups in total. The second kappa shape index (κ2) is 9.92. The van der Waals surface area contributed by atoms with E-state index in [0.717, 1.165) is 17.0 Å². The number of urea groups is 1. The van der Waals surface area contributed by atoms with Crippen LogP contribution in [0, 0.1) is 5.82 Å². The van der Waals surface area contributed by atoms with Gasteiger partial charge >= 0.3 is 12.0 Å². The average Bonchev–Trinajstić information content (AvgIpc) is 2.72. The van der Waals surface area contributed by atoms with Crippen LogP contribution in [-0.2, 0) is 19.1 Å². The van der Waals surface area contributed by atoms with E-state index in [1.807, 2.05) is 0 Å². The van der Waals surface area contributed by atoms with Gasteiger partial charge in [0.2, 0.25) is 0 Å². The minimum atomic E-state index is -0.953. The van der Waals surface area contributed by atoms with Crippen molar-refractivity contribution in [2.24, 2.45) is 0 Å². The summed E-state index contributed by atoms with van der Waals surface area (Å²) >= 11 is 9.50. The van der Waals surface area contributed by atoms with Crippen LogP contribution in [0.4, 0.5) is 14.9 Å². The zero-order chi connectivity index (χ0) is 23.4. The molecule has 0 aliphatic carbocycles. The number of nitrogens with one attached hydrogen (secondary N) is 1. The van der Waals surface area contributed by atoms with Crippen molar-refractivity contribution in [1.29, 1.82) is 0 Å². The summed E-state index contributed by atoms with van der Waals surface area (Å²) in [6, 6.07) is 6.62. The van der Waals surface area contributed by atoms with Gasteiger partial charge in [0.25, 0.3) is 11.8 Å². The number of benzene rings is 2. The molecule has 166 valence electrons. The Kier molecular flexibility index (Phi) is 7.26. The molecule has 1 fully saturated rings. The average molecular weight is 526 g/mol. The fourth-order valence-electron chi connectivity index (χ4n) is 2.78. The van der Waals surface area contributed by atoms with Gasteiger partial charge in [0.1, 0.15) is 11.4 Å². The van der Waals surface area contributed by atoms with Crippen LogP contribution in [0.2, 0.25) is 5.02 Å². The zero-order valence-electron chi connectivity index (χ0n) is 16.5. The quantitative estimate of drug-likeness (QED) is 0.349. The Balaban J connectivity index is 1.89. The first kappa shape index (κ1) is 23.4. The molecule has 0 spiro atoms. The predicted octanol–water partition coefficient (Wildman–Crippen LogP) is 3.85. The molecule has 0 saturated carbocycles. The first-order chi connectivity index (χ1) is 15.2. The number of hydrogen-bond donors (Lipinski definition) is 1. The van der Waals surface area contributed by atoms with Gasteiger partial charge in [-0.25, -0.2) is 18.9 Å². The lowest BCUT2D eigenvalue weighted by molar-refractivity contribution is -0.145. The van der Waals surface area contributed by atoms with E-state index in [-0.39, 0.29) is 35.2 Å². The Labute approximate surface area is 195 Å². The van der Waals surface area contributed by atoms with Gasteiger partial charge in [-0.15, -0.1) is 0 Å². The fraction of sp³-hybridized carbons (Fsp3) is 0.143. The number of anilines is 1.